The van der Waals surface area contributed by atoms with Gasteiger partial charge in [0.15, 0.2) is 0 Å². The Hall–Kier alpha value is -2.28. The fraction of sp³-hybridized carbons (Fsp3) is 0.467. The topological polar surface area (TPSA) is 73.1 Å². The number of amides is 1. The third-order valence-corrected chi connectivity index (χ3v) is 3.82. The van der Waals surface area contributed by atoms with Gasteiger partial charge in [-0.05, 0) is 6.92 Å². The standard InChI is InChI=1S/C15H19N5O2/c1-3-20-9-11-7-19(8-12(10-22-2)14(11)18-20)15(21)13-6-16-4-5-17-13/h4-6,9,12H,3,7-8,10H2,1-2H3. The van der Waals surface area contributed by atoms with Crippen LogP contribution in [0.3, 0.4) is 0 Å². The van der Waals surface area contributed by atoms with Crippen molar-refractivity contribution < 1.29 is 9.53 Å². The second-order valence-corrected chi connectivity index (χ2v) is 5.32. The molecule has 1 amide bonds. The van der Waals surface area contributed by atoms with E-state index < -0.39 is 0 Å². The molecule has 0 saturated carbocycles. The number of nitrogens with zero attached hydrogens (tertiary/aromatic N) is 5. The quantitative estimate of drug-likeness (QED) is 0.845. The van der Waals surface area contributed by atoms with E-state index in [2.05, 4.69) is 15.1 Å². The lowest BCUT2D eigenvalue weighted by Crippen LogP contribution is -2.39. The number of carbonyl (C=O) groups is 1. The predicted molar refractivity (Wildman–Crippen MR) is 79.3 cm³/mol. The minimum Gasteiger partial charge on any atom is -0.384 e. The molecule has 116 valence electrons. The molecular weight excluding hydrogens is 282 g/mol. The van der Waals surface area contributed by atoms with Crippen molar-refractivity contribution >= 4 is 5.91 Å². The highest BCUT2D eigenvalue weighted by Crippen LogP contribution is 2.28. The summed E-state index contributed by atoms with van der Waals surface area (Å²) < 4.78 is 7.21. The molecule has 7 heteroatoms. The van der Waals surface area contributed by atoms with E-state index in [1.165, 1.54) is 12.4 Å². The molecule has 0 N–H and O–H groups in total. The van der Waals surface area contributed by atoms with Gasteiger partial charge in [0.2, 0.25) is 0 Å². The van der Waals surface area contributed by atoms with E-state index in [0.717, 1.165) is 17.8 Å². The number of hydrogen-bond acceptors (Lipinski definition) is 5. The molecule has 0 aromatic carbocycles. The maximum absolute atomic E-state index is 12.6. The van der Waals surface area contributed by atoms with Gasteiger partial charge in [0.25, 0.3) is 5.91 Å². The minimum absolute atomic E-state index is 0.0853. The van der Waals surface area contributed by atoms with Gasteiger partial charge in [-0.2, -0.15) is 5.10 Å². The van der Waals surface area contributed by atoms with Gasteiger partial charge in [0, 0.05) is 56.8 Å². The van der Waals surface area contributed by atoms with Crippen molar-refractivity contribution in [3.63, 3.8) is 0 Å². The van der Waals surface area contributed by atoms with Crippen LogP contribution in [-0.2, 0) is 17.8 Å². The monoisotopic (exact) mass is 301 g/mol. The van der Waals surface area contributed by atoms with Crippen LogP contribution in [-0.4, -0.2) is 50.8 Å². The molecule has 0 radical (unpaired) electrons. The molecule has 22 heavy (non-hydrogen) atoms. The molecule has 1 atom stereocenters. The van der Waals surface area contributed by atoms with Gasteiger partial charge in [-0.1, -0.05) is 0 Å². The Bertz CT molecular complexity index is 655. The highest BCUT2D eigenvalue weighted by atomic mass is 16.5. The van der Waals surface area contributed by atoms with Crippen molar-refractivity contribution in [2.75, 3.05) is 20.3 Å². The average Bonchev–Trinajstić information content (AvgIpc) is 2.98. The van der Waals surface area contributed by atoms with E-state index in [1.54, 1.807) is 18.2 Å². The molecule has 3 rings (SSSR count). The van der Waals surface area contributed by atoms with Crippen molar-refractivity contribution in [2.24, 2.45) is 0 Å². The number of methoxy groups -OCH3 is 1. The van der Waals surface area contributed by atoms with Crippen LogP contribution in [0, 0.1) is 0 Å². The Labute approximate surface area is 128 Å². The van der Waals surface area contributed by atoms with E-state index in [9.17, 15) is 4.79 Å². The summed E-state index contributed by atoms with van der Waals surface area (Å²) in [5.74, 6) is -0.0220. The lowest BCUT2D eigenvalue weighted by Gasteiger charge is -2.31. The fourth-order valence-corrected chi connectivity index (χ4v) is 2.79. The van der Waals surface area contributed by atoms with Gasteiger partial charge < -0.3 is 9.64 Å². The third-order valence-electron chi connectivity index (χ3n) is 3.82. The van der Waals surface area contributed by atoms with E-state index in [-0.39, 0.29) is 11.8 Å². The second kappa shape index (κ2) is 6.23. The molecular formula is C15H19N5O2. The summed E-state index contributed by atoms with van der Waals surface area (Å²) in [6.07, 6.45) is 6.60. The zero-order valence-corrected chi connectivity index (χ0v) is 12.8. The van der Waals surface area contributed by atoms with Crippen LogP contribution in [0.2, 0.25) is 0 Å². The van der Waals surface area contributed by atoms with Crippen molar-refractivity contribution in [3.05, 3.63) is 41.7 Å². The zero-order valence-electron chi connectivity index (χ0n) is 12.8. The maximum Gasteiger partial charge on any atom is 0.274 e. The zero-order chi connectivity index (χ0) is 15.5. The summed E-state index contributed by atoms with van der Waals surface area (Å²) in [6, 6.07) is 0. The number of fused-ring (bicyclic) bond motifs is 1. The first-order valence-corrected chi connectivity index (χ1v) is 7.33. The van der Waals surface area contributed by atoms with Crippen LogP contribution in [0.5, 0.6) is 0 Å². The molecule has 0 spiro atoms. The molecule has 1 aliphatic rings. The summed E-state index contributed by atoms with van der Waals surface area (Å²) in [5.41, 5.74) is 2.48. The van der Waals surface area contributed by atoms with Gasteiger partial charge in [-0.3, -0.25) is 14.5 Å². The average molecular weight is 301 g/mol. The van der Waals surface area contributed by atoms with Crippen molar-refractivity contribution in [1.82, 2.24) is 24.6 Å². The summed E-state index contributed by atoms with van der Waals surface area (Å²) >= 11 is 0. The summed E-state index contributed by atoms with van der Waals surface area (Å²) in [5, 5.41) is 4.61. The number of aromatic nitrogens is 4. The van der Waals surface area contributed by atoms with Crippen molar-refractivity contribution in [2.45, 2.75) is 25.9 Å². The molecule has 7 nitrogen and oxygen atoms in total. The maximum atomic E-state index is 12.6. The molecule has 2 aromatic rings. The molecule has 3 heterocycles. The number of rotatable bonds is 4. The van der Waals surface area contributed by atoms with Crippen LogP contribution in [0.1, 0.15) is 34.6 Å². The van der Waals surface area contributed by atoms with E-state index >= 15 is 0 Å². The number of carbonyl (C=O) groups excluding carboxylic acids is 1. The van der Waals surface area contributed by atoms with Gasteiger partial charge in [-0.15, -0.1) is 0 Å². The Kier molecular flexibility index (Phi) is 4.15. The molecule has 2 aromatic heterocycles. The van der Waals surface area contributed by atoms with Crippen LogP contribution < -0.4 is 0 Å². The van der Waals surface area contributed by atoms with Crippen LogP contribution in [0.25, 0.3) is 0 Å². The Morgan fingerprint density at radius 3 is 3.00 bits per heavy atom. The highest BCUT2D eigenvalue weighted by Gasteiger charge is 2.31. The van der Waals surface area contributed by atoms with Crippen LogP contribution >= 0.6 is 0 Å². The normalized spacial score (nSPS) is 17.4. The van der Waals surface area contributed by atoms with E-state index in [1.807, 2.05) is 17.8 Å². The first-order chi connectivity index (χ1) is 10.7. The lowest BCUT2D eigenvalue weighted by atomic mass is 9.97. The summed E-state index contributed by atoms with van der Waals surface area (Å²) in [7, 11) is 1.67. The van der Waals surface area contributed by atoms with Crippen LogP contribution in [0.15, 0.2) is 24.8 Å². The molecule has 0 bridgehead atoms. The van der Waals surface area contributed by atoms with E-state index in [4.69, 9.17) is 4.74 Å². The van der Waals surface area contributed by atoms with Crippen molar-refractivity contribution in [1.29, 1.82) is 0 Å². The molecule has 0 fully saturated rings. The largest absolute Gasteiger partial charge is 0.384 e. The predicted octanol–water partition coefficient (Wildman–Crippen LogP) is 1.08. The van der Waals surface area contributed by atoms with Gasteiger partial charge in [0.1, 0.15) is 5.69 Å². The van der Waals surface area contributed by atoms with Gasteiger partial charge in [-0.25, -0.2) is 4.98 Å². The Morgan fingerprint density at radius 1 is 1.45 bits per heavy atom. The number of hydrogen-bond donors (Lipinski definition) is 0. The number of ether oxygens (including phenoxy) is 1. The molecule has 1 aliphatic heterocycles. The molecule has 1 unspecified atom stereocenters. The first-order valence-electron chi connectivity index (χ1n) is 7.33. The highest BCUT2D eigenvalue weighted by molar-refractivity contribution is 5.92. The van der Waals surface area contributed by atoms with Gasteiger partial charge >= 0.3 is 0 Å². The molecule has 0 aliphatic carbocycles. The SMILES string of the molecule is CCn1cc2c(n1)C(COC)CN(C(=O)c1cnccn1)C2. The fourth-order valence-electron chi connectivity index (χ4n) is 2.79. The number of aryl methyl sites for hydroxylation is 1. The summed E-state index contributed by atoms with van der Waals surface area (Å²) in [4.78, 5) is 22.4. The minimum atomic E-state index is -0.107. The van der Waals surface area contributed by atoms with Crippen molar-refractivity contribution in [3.8, 4) is 0 Å². The second-order valence-electron chi connectivity index (χ2n) is 5.32. The smallest absolute Gasteiger partial charge is 0.274 e. The van der Waals surface area contributed by atoms with E-state index in [0.29, 0.717) is 25.4 Å². The molecule has 0 saturated heterocycles. The van der Waals surface area contributed by atoms with Crippen LogP contribution in [0.4, 0.5) is 0 Å². The Morgan fingerprint density at radius 2 is 2.32 bits per heavy atom. The summed E-state index contributed by atoms with van der Waals surface area (Å²) in [6.45, 7) is 4.52. The van der Waals surface area contributed by atoms with Gasteiger partial charge in [0.05, 0.1) is 18.5 Å². The first kappa shape index (κ1) is 14.6. The Balaban J connectivity index is 1.88. The third kappa shape index (κ3) is 2.71. The lowest BCUT2D eigenvalue weighted by molar-refractivity contribution is 0.0672.